The molecule has 29 heavy (non-hydrogen) atoms. The Morgan fingerprint density at radius 2 is 1.10 bits per heavy atom. The third-order valence-corrected chi connectivity index (χ3v) is 5.40. The quantitative estimate of drug-likeness (QED) is 0.776. The second kappa shape index (κ2) is 8.52. The van der Waals surface area contributed by atoms with E-state index in [0.717, 1.165) is 11.1 Å². The largest absolute Gasteiger partial charge is 0.387 e. The molecule has 6 nitrogen and oxygen atoms in total. The van der Waals surface area contributed by atoms with Crippen molar-refractivity contribution in [2.24, 2.45) is 0 Å². The second-order valence-corrected chi connectivity index (χ2v) is 8.07. The van der Waals surface area contributed by atoms with Gasteiger partial charge in [-0.3, -0.25) is 0 Å². The van der Waals surface area contributed by atoms with E-state index in [1.807, 2.05) is 74.5 Å². The first kappa shape index (κ1) is 20.5. The molecule has 1 heterocycles. The molecule has 2 aliphatic rings. The maximum atomic E-state index is 10.8. The average molecular weight is 400 g/mol. The number of fused-ring (bicyclic) bond motifs is 1. The van der Waals surface area contributed by atoms with Crippen molar-refractivity contribution < 1.29 is 29.2 Å². The number of rotatable bonds is 6. The predicted octanol–water partition coefficient (Wildman–Crippen LogP) is 2.41. The van der Waals surface area contributed by atoms with Crippen molar-refractivity contribution in [1.82, 2.24) is 0 Å². The fourth-order valence-corrected chi connectivity index (χ4v) is 4.02. The van der Waals surface area contributed by atoms with Crippen LogP contribution in [0.15, 0.2) is 60.7 Å². The highest BCUT2D eigenvalue weighted by Crippen LogP contribution is 2.40. The molecule has 1 aliphatic carbocycles. The SMILES string of the molecule is CC1(C)O[C@@H]2[C@H](O1)[C@@H](OCc1ccccc1)[C@@H](O)[C@@H](O)[C@H]2OCc1ccccc1. The summed E-state index contributed by atoms with van der Waals surface area (Å²) in [5.41, 5.74) is 1.96. The molecule has 2 aromatic rings. The molecule has 2 N–H and O–H groups in total. The van der Waals surface area contributed by atoms with Crippen molar-refractivity contribution >= 4 is 0 Å². The normalized spacial score (nSPS) is 33.4. The highest BCUT2D eigenvalue weighted by Gasteiger charge is 2.58. The monoisotopic (exact) mass is 400 g/mol. The van der Waals surface area contributed by atoms with E-state index in [2.05, 4.69) is 0 Å². The van der Waals surface area contributed by atoms with Crippen molar-refractivity contribution in [1.29, 1.82) is 0 Å². The van der Waals surface area contributed by atoms with E-state index < -0.39 is 42.4 Å². The summed E-state index contributed by atoms with van der Waals surface area (Å²) in [4.78, 5) is 0. The summed E-state index contributed by atoms with van der Waals surface area (Å²) in [6.45, 7) is 4.23. The molecule has 4 rings (SSSR count). The lowest BCUT2D eigenvalue weighted by Gasteiger charge is -2.43. The van der Waals surface area contributed by atoms with E-state index in [9.17, 15) is 10.2 Å². The van der Waals surface area contributed by atoms with Gasteiger partial charge in [0.15, 0.2) is 5.79 Å². The number of ether oxygens (including phenoxy) is 4. The van der Waals surface area contributed by atoms with Crippen LogP contribution in [0.4, 0.5) is 0 Å². The Bertz CT molecular complexity index is 715. The summed E-state index contributed by atoms with van der Waals surface area (Å²) < 4.78 is 24.1. The lowest BCUT2D eigenvalue weighted by Crippen LogP contribution is -2.63. The minimum Gasteiger partial charge on any atom is -0.387 e. The highest BCUT2D eigenvalue weighted by atomic mass is 16.8. The summed E-state index contributed by atoms with van der Waals surface area (Å²) in [5, 5.41) is 21.6. The zero-order valence-corrected chi connectivity index (χ0v) is 16.7. The van der Waals surface area contributed by atoms with Crippen LogP contribution in [0.5, 0.6) is 0 Å². The smallest absolute Gasteiger partial charge is 0.164 e. The average Bonchev–Trinajstić information content (AvgIpc) is 3.04. The summed E-state index contributed by atoms with van der Waals surface area (Å²) >= 11 is 0. The van der Waals surface area contributed by atoms with E-state index in [4.69, 9.17) is 18.9 Å². The Morgan fingerprint density at radius 1 is 0.724 bits per heavy atom. The molecule has 6 atom stereocenters. The Morgan fingerprint density at radius 3 is 1.48 bits per heavy atom. The van der Waals surface area contributed by atoms with Gasteiger partial charge in [0.2, 0.25) is 0 Å². The summed E-state index contributed by atoms with van der Waals surface area (Å²) in [6.07, 6.45) is -4.86. The molecule has 0 amide bonds. The molecule has 1 saturated heterocycles. The molecule has 6 heteroatoms. The Labute approximate surface area is 171 Å². The maximum absolute atomic E-state index is 10.8. The maximum Gasteiger partial charge on any atom is 0.164 e. The van der Waals surface area contributed by atoms with Crippen LogP contribution in [0.1, 0.15) is 25.0 Å². The van der Waals surface area contributed by atoms with Crippen molar-refractivity contribution in [3.8, 4) is 0 Å². The standard InChI is InChI=1S/C23H28O6/c1-23(2)28-21-19(26-13-15-9-5-3-6-10-15)17(24)18(25)20(22(21)29-23)27-14-16-11-7-4-8-12-16/h3-12,17-22,24-25H,13-14H2,1-2H3/t17-,18+,19-,20+,21+,22-. The van der Waals surface area contributed by atoms with Crippen molar-refractivity contribution in [2.75, 3.05) is 0 Å². The summed E-state index contributed by atoms with van der Waals surface area (Å²) in [5.74, 6) is -0.859. The van der Waals surface area contributed by atoms with Gasteiger partial charge in [0, 0.05) is 0 Å². The molecule has 0 radical (unpaired) electrons. The van der Waals surface area contributed by atoms with Crippen LogP contribution in [0.2, 0.25) is 0 Å². The van der Waals surface area contributed by atoms with Crippen LogP contribution in [-0.4, -0.2) is 52.6 Å². The number of aliphatic hydroxyl groups is 2. The van der Waals surface area contributed by atoms with Gasteiger partial charge >= 0.3 is 0 Å². The molecule has 0 unspecified atom stereocenters. The summed E-state index contributed by atoms with van der Waals surface area (Å²) in [6, 6.07) is 19.4. The summed E-state index contributed by atoms with van der Waals surface area (Å²) in [7, 11) is 0. The van der Waals surface area contributed by atoms with Gasteiger partial charge in [-0.15, -0.1) is 0 Å². The third-order valence-electron chi connectivity index (χ3n) is 5.40. The van der Waals surface area contributed by atoms with Crippen molar-refractivity contribution in [2.45, 2.75) is 69.5 Å². The predicted molar refractivity (Wildman–Crippen MR) is 106 cm³/mol. The Kier molecular flexibility index (Phi) is 6.01. The first-order chi connectivity index (χ1) is 13.9. The van der Waals surface area contributed by atoms with Gasteiger partial charge < -0.3 is 29.2 Å². The van der Waals surface area contributed by atoms with Crippen LogP contribution in [-0.2, 0) is 32.2 Å². The van der Waals surface area contributed by atoms with E-state index in [0.29, 0.717) is 13.2 Å². The lowest BCUT2D eigenvalue weighted by molar-refractivity contribution is -0.223. The van der Waals surface area contributed by atoms with Gasteiger partial charge in [0.05, 0.1) is 13.2 Å². The molecular formula is C23H28O6. The topological polar surface area (TPSA) is 77.4 Å². The zero-order chi connectivity index (χ0) is 20.4. The van der Waals surface area contributed by atoms with Gasteiger partial charge in [-0.05, 0) is 25.0 Å². The molecule has 0 spiro atoms. The number of aliphatic hydroxyl groups excluding tert-OH is 2. The second-order valence-electron chi connectivity index (χ2n) is 8.07. The van der Waals surface area contributed by atoms with E-state index in [1.54, 1.807) is 0 Å². The van der Waals surface area contributed by atoms with Gasteiger partial charge in [-0.2, -0.15) is 0 Å². The lowest BCUT2D eigenvalue weighted by atomic mass is 9.84. The molecule has 0 bridgehead atoms. The van der Waals surface area contributed by atoms with Crippen LogP contribution in [0.3, 0.4) is 0 Å². The first-order valence-corrected chi connectivity index (χ1v) is 9.97. The minimum atomic E-state index is -1.15. The first-order valence-electron chi connectivity index (χ1n) is 9.97. The number of hydrogen-bond acceptors (Lipinski definition) is 6. The third kappa shape index (κ3) is 4.53. The Balaban J connectivity index is 1.50. The molecule has 2 fully saturated rings. The van der Waals surface area contributed by atoms with Crippen molar-refractivity contribution in [3.63, 3.8) is 0 Å². The van der Waals surface area contributed by atoms with Gasteiger partial charge in [0.1, 0.15) is 36.6 Å². The van der Waals surface area contributed by atoms with Gasteiger partial charge in [0.25, 0.3) is 0 Å². The molecule has 1 aliphatic heterocycles. The van der Waals surface area contributed by atoms with E-state index in [1.165, 1.54) is 0 Å². The van der Waals surface area contributed by atoms with Gasteiger partial charge in [-0.25, -0.2) is 0 Å². The molecule has 1 saturated carbocycles. The van der Waals surface area contributed by atoms with Crippen LogP contribution in [0.25, 0.3) is 0 Å². The van der Waals surface area contributed by atoms with Crippen molar-refractivity contribution in [3.05, 3.63) is 71.8 Å². The minimum absolute atomic E-state index is 0.303. The Hall–Kier alpha value is -1.80. The number of benzene rings is 2. The van der Waals surface area contributed by atoms with Crippen LogP contribution in [0, 0.1) is 0 Å². The van der Waals surface area contributed by atoms with E-state index in [-0.39, 0.29) is 0 Å². The fourth-order valence-electron chi connectivity index (χ4n) is 4.02. The van der Waals surface area contributed by atoms with Crippen LogP contribution >= 0.6 is 0 Å². The number of hydrogen-bond donors (Lipinski definition) is 2. The fraction of sp³-hybridized carbons (Fsp3) is 0.478. The molecule has 156 valence electrons. The molecule has 0 aromatic heterocycles. The zero-order valence-electron chi connectivity index (χ0n) is 16.7. The molecular weight excluding hydrogens is 372 g/mol. The molecule has 2 aromatic carbocycles. The highest BCUT2D eigenvalue weighted by molar-refractivity contribution is 5.15. The van der Waals surface area contributed by atoms with Crippen LogP contribution < -0.4 is 0 Å². The van der Waals surface area contributed by atoms with Gasteiger partial charge in [-0.1, -0.05) is 60.7 Å². The van der Waals surface area contributed by atoms with E-state index >= 15 is 0 Å².